The molecule has 0 aromatic carbocycles. The first kappa shape index (κ1) is 7.92. The van der Waals surface area contributed by atoms with E-state index >= 15 is 0 Å². The normalized spacial score (nSPS) is 9.25. The maximum atomic E-state index is 10.3. The fraction of sp³-hybridized carbons (Fsp3) is 0.800. The lowest BCUT2D eigenvalue weighted by atomic mass is 10.5. The summed E-state index contributed by atoms with van der Waals surface area (Å²) in [6.07, 6.45) is 0. The lowest BCUT2D eigenvalue weighted by Crippen LogP contribution is -2.08. The summed E-state index contributed by atoms with van der Waals surface area (Å²) in [5.41, 5.74) is 0. The van der Waals surface area contributed by atoms with Crippen molar-refractivity contribution in [2.75, 3.05) is 19.1 Å². The van der Waals surface area contributed by atoms with Gasteiger partial charge < -0.3 is 4.74 Å². The largest absolute Gasteiger partial charge is 0.374 e. The summed E-state index contributed by atoms with van der Waals surface area (Å²) in [6, 6.07) is 0. The van der Waals surface area contributed by atoms with Crippen LogP contribution in [-0.4, -0.2) is 24.9 Å². The summed E-state index contributed by atoms with van der Waals surface area (Å²) in [5.74, 6) is -0.00600. The van der Waals surface area contributed by atoms with Crippen LogP contribution in [0.5, 0.6) is 0 Å². The first-order chi connectivity index (χ1) is 3.81. The van der Waals surface area contributed by atoms with E-state index in [1.54, 1.807) is 0 Å². The van der Waals surface area contributed by atoms with Crippen molar-refractivity contribution < 1.29 is 9.53 Å². The fourth-order valence-electron chi connectivity index (χ4n) is 0.254. The molecule has 0 fully saturated rings. The Hall–Kier alpha value is -0.0800. The summed E-state index contributed by atoms with van der Waals surface area (Å²) >= 11 is 5.16. The first-order valence-corrected chi connectivity index (χ1v) is 3.00. The lowest BCUT2D eigenvalue weighted by molar-refractivity contribution is -0.120. The predicted octanol–water partition coefficient (Wildman–Crippen LogP) is 0.831. The number of halogens is 1. The molecule has 0 aromatic heterocycles. The second kappa shape index (κ2) is 5.06. The molecule has 0 atom stereocenters. The second-order valence-electron chi connectivity index (χ2n) is 1.31. The van der Waals surface area contributed by atoms with Crippen molar-refractivity contribution >= 4 is 17.4 Å². The number of alkyl halides is 1. The highest BCUT2D eigenvalue weighted by Gasteiger charge is 1.95. The van der Waals surface area contributed by atoms with Crippen LogP contribution in [-0.2, 0) is 9.53 Å². The molecule has 0 saturated heterocycles. The van der Waals surface area contributed by atoms with Gasteiger partial charge in [0.05, 0.1) is 5.88 Å². The zero-order chi connectivity index (χ0) is 6.41. The van der Waals surface area contributed by atoms with Gasteiger partial charge in [0, 0.05) is 6.61 Å². The summed E-state index contributed by atoms with van der Waals surface area (Å²) in [4.78, 5) is 10.3. The molecule has 48 valence electrons. The Morgan fingerprint density at radius 1 is 1.75 bits per heavy atom. The highest BCUT2D eigenvalue weighted by Crippen LogP contribution is 1.80. The summed E-state index contributed by atoms with van der Waals surface area (Å²) < 4.78 is 4.75. The molecule has 8 heavy (non-hydrogen) atoms. The van der Waals surface area contributed by atoms with Crippen molar-refractivity contribution in [3.05, 3.63) is 0 Å². The minimum atomic E-state index is -0.0616. The highest BCUT2D eigenvalue weighted by molar-refractivity contribution is 6.27. The quantitative estimate of drug-likeness (QED) is 0.536. The van der Waals surface area contributed by atoms with Gasteiger partial charge in [0.25, 0.3) is 0 Å². The SMILES string of the molecule is CCOCC(=O)CCl. The number of ether oxygens (including phenoxy) is 1. The van der Waals surface area contributed by atoms with Gasteiger partial charge in [-0.1, -0.05) is 0 Å². The van der Waals surface area contributed by atoms with Gasteiger partial charge in [-0.2, -0.15) is 0 Å². The van der Waals surface area contributed by atoms with E-state index in [0.29, 0.717) is 6.61 Å². The molecule has 0 radical (unpaired) electrons. The van der Waals surface area contributed by atoms with Gasteiger partial charge in [0.2, 0.25) is 0 Å². The number of ketones is 1. The van der Waals surface area contributed by atoms with Crippen molar-refractivity contribution in [3.8, 4) is 0 Å². The van der Waals surface area contributed by atoms with Crippen LogP contribution in [0.1, 0.15) is 6.92 Å². The molecule has 0 aliphatic rings. The average Bonchev–Trinajstić information content (AvgIpc) is 1.83. The second-order valence-corrected chi connectivity index (χ2v) is 1.58. The lowest BCUT2D eigenvalue weighted by Gasteiger charge is -1.93. The van der Waals surface area contributed by atoms with Crippen LogP contribution < -0.4 is 0 Å². The topological polar surface area (TPSA) is 26.3 Å². The highest BCUT2D eigenvalue weighted by atomic mass is 35.5. The van der Waals surface area contributed by atoms with Crippen LogP contribution in [0.4, 0.5) is 0 Å². The molecule has 0 aliphatic heterocycles. The third-order valence-electron chi connectivity index (χ3n) is 0.616. The molecule has 0 unspecified atom stereocenters. The van der Waals surface area contributed by atoms with E-state index in [0.717, 1.165) is 0 Å². The van der Waals surface area contributed by atoms with Gasteiger partial charge in [0.15, 0.2) is 5.78 Å². The summed E-state index contributed by atoms with van der Waals surface area (Å²) in [6.45, 7) is 2.56. The number of rotatable bonds is 4. The zero-order valence-corrected chi connectivity index (χ0v) is 5.57. The van der Waals surface area contributed by atoms with Gasteiger partial charge in [-0.3, -0.25) is 4.79 Å². The van der Waals surface area contributed by atoms with Gasteiger partial charge in [-0.15, -0.1) is 11.6 Å². The molecule has 3 heteroatoms. The molecule has 0 bridgehead atoms. The van der Waals surface area contributed by atoms with Gasteiger partial charge in [0.1, 0.15) is 6.61 Å². The maximum Gasteiger partial charge on any atom is 0.173 e. The Kier molecular flexibility index (Phi) is 5.01. The van der Waals surface area contributed by atoms with Crippen molar-refractivity contribution in [3.63, 3.8) is 0 Å². The van der Waals surface area contributed by atoms with Gasteiger partial charge >= 0.3 is 0 Å². The Balaban J connectivity index is 2.99. The van der Waals surface area contributed by atoms with Gasteiger partial charge in [-0.25, -0.2) is 0 Å². The monoisotopic (exact) mass is 136 g/mol. The number of carbonyl (C=O) groups is 1. The average molecular weight is 137 g/mol. The molecular weight excluding hydrogens is 128 g/mol. The van der Waals surface area contributed by atoms with Crippen LogP contribution in [0.25, 0.3) is 0 Å². The van der Waals surface area contributed by atoms with Crippen molar-refractivity contribution in [1.82, 2.24) is 0 Å². The smallest absolute Gasteiger partial charge is 0.173 e. The third kappa shape index (κ3) is 4.09. The molecule has 2 nitrogen and oxygen atoms in total. The molecule has 0 saturated carbocycles. The van der Waals surface area contributed by atoms with Crippen LogP contribution in [0.15, 0.2) is 0 Å². The van der Waals surface area contributed by atoms with Crippen molar-refractivity contribution in [1.29, 1.82) is 0 Å². The molecule has 0 amide bonds. The standard InChI is InChI=1S/C5H9ClO2/c1-2-8-4-5(7)3-6/h2-4H2,1H3. The predicted molar refractivity (Wildman–Crippen MR) is 32.2 cm³/mol. The fourth-order valence-corrected chi connectivity index (χ4v) is 0.332. The van der Waals surface area contributed by atoms with E-state index in [2.05, 4.69) is 0 Å². The molecule has 0 rings (SSSR count). The molecular formula is C5H9ClO2. The van der Waals surface area contributed by atoms with E-state index in [1.807, 2.05) is 6.92 Å². The number of hydrogen-bond acceptors (Lipinski definition) is 2. The zero-order valence-electron chi connectivity index (χ0n) is 4.82. The number of hydrogen-bond donors (Lipinski definition) is 0. The molecule has 0 spiro atoms. The van der Waals surface area contributed by atoms with Crippen LogP contribution in [0.3, 0.4) is 0 Å². The van der Waals surface area contributed by atoms with Crippen LogP contribution in [0, 0.1) is 0 Å². The van der Waals surface area contributed by atoms with E-state index in [1.165, 1.54) is 0 Å². The van der Waals surface area contributed by atoms with Crippen molar-refractivity contribution in [2.45, 2.75) is 6.92 Å². The summed E-state index contributed by atoms with van der Waals surface area (Å²) in [7, 11) is 0. The maximum absolute atomic E-state index is 10.3. The Morgan fingerprint density at radius 3 is 2.75 bits per heavy atom. The Labute approximate surface area is 53.8 Å². The molecule has 0 aliphatic carbocycles. The minimum absolute atomic E-state index is 0.0556. The van der Waals surface area contributed by atoms with E-state index < -0.39 is 0 Å². The van der Waals surface area contributed by atoms with Crippen LogP contribution >= 0.6 is 11.6 Å². The van der Waals surface area contributed by atoms with Gasteiger partial charge in [-0.05, 0) is 6.92 Å². The minimum Gasteiger partial charge on any atom is -0.374 e. The van der Waals surface area contributed by atoms with E-state index in [9.17, 15) is 4.79 Å². The Bertz CT molecular complexity index is 72.8. The van der Waals surface area contributed by atoms with E-state index in [-0.39, 0.29) is 18.3 Å². The number of Topliss-reactive ketones (excluding diaryl/α,β-unsaturated/α-hetero) is 1. The first-order valence-electron chi connectivity index (χ1n) is 2.46. The van der Waals surface area contributed by atoms with Crippen LogP contribution in [0.2, 0.25) is 0 Å². The number of carbonyl (C=O) groups excluding carboxylic acids is 1. The third-order valence-corrected chi connectivity index (χ3v) is 0.914. The Morgan fingerprint density at radius 2 is 2.38 bits per heavy atom. The molecule has 0 aromatic rings. The summed E-state index contributed by atoms with van der Waals surface area (Å²) in [5, 5.41) is 0. The van der Waals surface area contributed by atoms with E-state index in [4.69, 9.17) is 16.3 Å². The molecule has 0 heterocycles. The molecule has 0 N–H and O–H groups in total. The van der Waals surface area contributed by atoms with Crippen molar-refractivity contribution in [2.24, 2.45) is 0 Å².